The van der Waals surface area contributed by atoms with Crippen LogP contribution in [0.3, 0.4) is 0 Å². The van der Waals surface area contributed by atoms with Gasteiger partial charge in [0.25, 0.3) is 0 Å². The van der Waals surface area contributed by atoms with E-state index >= 15 is 0 Å². The molecular formula is C14H30N2O. The third-order valence-electron chi connectivity index (χ3n) is 3.93. The smallest absolute Gasteiger partial charge is 0.0710 e. The molecule has 0 aromatic rings. The molecule has 0 spiro atoms. The van der Waals surface area contributed by atoms with Crippen LogP contribution in [0.2, 0.25) is 0 Å². The first-order valence-electron chi connectivity index (χ1n) is 7.02. The van der Waals surface area contributed by atoms with Gasteiger partial charge in [-0.05, 0) is 38.3 Å². The van der Waals surface area contributed by atoms with E-state index in [4.69, 9.17) is 4.74 Å². The molecule has 1 fully saturated rings. The van der Waals surface area contributed by atoms with Gasteiger partial charge in [-0.3, -0.25) is 4.90 Å². The molecule has 0 aromatic heterocycles. The van der Waals surface area contributed by atoms with Crippen LogP contribution in [0.5, 0.6) is 0 Å². The minimum atomic E-state index is 0.452. The normalized spacial score (nSPS) is 25.4. The molecule has 0 aliphatic carbocycles. The molecule has 1 saturated heterocycles. The lowest BCUT2D eigenvalue weighted by Crippen LogP contribution is -2.41. The van der Waals surface area contributed by atoms with Crippen LogP contribution in [0.25, 0.3) is 0 Å². The molecule has 1 N–H and O–H groups in total. The second-order valence-electron chi connectivity index (χ2n) is 5.91. The Kier molecular flexibility index (Phi) is 6.45. The van der Waals surface area contributed by atoms with Gasteiger partial charge in [0.05, 0.1) is 6.10 Å². The summed E-state index contributed by atoms with van der Waals surface area (Å²) >= 11 is 0. The van der Waals surface area contributed by atoms with Gasteiger partial charge in [-0.2, -0.15) is 0 Å². The van der Waals surface area contributed by atoms with Gasteiger partial charge in [0.2, 0.25) is 0 Å². The van der Waals surface area contributed by atoms with Crippen molar-refractivity contribution in [1.29, 1.82) is 0 Å². The predicted molar refractivity (Wildman–Crippen MR) is 73.3 cm³/mol. The zero-order valence-electron chi connectivity index (χ0n) is 12.2. The summed E-state index contributed by atoms with van der Waals surface area (Å²) in [5.74, 6) is 1.44. The lowest BCUT2D eigenvalue weighted by atomic mass is 10.0. The first kappa shape index (κ1) is 14.9. The number of nitrogens with zero attached hydrogens (tertiary/aromatic N) is 1. The average Bonchev–Trinajstić information content (AvgIpc) is 2.75. The van der Waals surface area contributed by atoms with Crippen LogP contribution in [-0.4, -0.2) is 50.3 Å². The standard InChI is InChI=1S/C14H30N2O/c1-11(2)8-15-9-12(3)13(4)16-7-6-14(10-16)17-5/h11-15H,6-10H2,1-5H3. The highest BCUT2D eigenvalue weighted by Gasteiger charge is 2.28. The Morgan fingerprint density at radius 1 is 1.24 bits per heavy atom. The average molecular weight is 242 g/mol. The Balaban J connectivity index is 2.24. The van der Waals surface area contributed by atoms with E-state index in [2.05, 4.69) is 37.9 Å². The van der Waals surface area contributed by atoms with Gasteiger partial charge in [0.15, 0.2) is 0 Å². The van der Waals surface area contributed by atoms with Crippen LogP contribution >= 0.6 is 0 Å². The molecule has 3 atom stereocenters. The van der Waals surface area contributed by atoms with E-state index in [-0.39, 0.29) is 0 Å². The molecule has 1 aliphatic heterocycles. The second kappa shape index (κ2) is 7.34. The van der Waals surface area contributed by atoms with Crippen LogP contribution in [-0.2, 0) is 4.74 Å². The zero-order chi connectivity index (χ0) is 12.8. The van der Waals surface area contributed by atoms with Crippen LogP contribution in [0.4, 0.5) is 0 Å². The monoisotopic (exact) mass is 242 g/mol. The minimum absolute atomic E-state index is 0.452. The van der Waals surface area contributed by atoms with Crippen molar-refractivity contribution in [2.24, 2.45) is 11.8 Å². The van der Waals surface area contributed by atoms with Crippen LogP contribution in [0.1, 0.15) is 34.1 Å². The minimum Gasteiger partial charge on any atom is -0.380 e. The summed E-state index contributed by atoms with van der Waals surface area (Å²) in [6.07, 6.45) is 1.64. The molecule has 0 amide bonds. The van der Waals surface area contributed by atoms with Gasteiger partial charge >= 0.3 is 0 Å². The number of likely N-dealkylation sites (tertiary alicyclic amines) is 1. The van der Waals surface area contributed by atoms with E-state index in [0.29, 0.717) is 18.1 Å². The third kappa shape index (κ3) is 4.94. The van der Waals surface area contributed by atoms with E-state index < -0.39 is 0 Å². The Hall–Kier alpha value is -0.120. The van der Waals surface area contributed by atoms with Gasteiger partial charge in [0.1, 0.15) is 0 Å². The zero-order valence-corrected chi connectivity index (χ0v) is 12.2. The lowest BCUT2D eigenvalue weighted by Gasteiger charge is -2.30. The molecule has 1 rings (SSSR count). The SMILES string of the molecule is COC1CCN(C(C)C(C)CNCC(C)C)C1. The van der Waals surface area contributed by atoms with Gasteiger partial charge in [0, 0.05) is 26.2 Å². The van der Waals surface area contributed by atoms with Crippen LogP contribution < -0.4 is 5.32 Å². The molecule has 3 unspecified atom stereocenters. The van der Waals surface area contributed by atoms with Crippen molar-refractivity contribution in [3.8, 4) is 0 Å². The van der Waals surface area contributed by atoms with Crippen molar-refractivity contribution in [2.45, 2.75) is 46.3 Å². The first-order chi connectivity index (χ1) is 8.04. The Labute approximate surface area is 107 Å². The molecule has 1 aliphatic rings. The maximum atomic E-state index is 5.43. The summed E-state index contributed by atoms with van der Waals surface area (Å²) in [6, 6.07) is 0.648. The summed E-state index contributed by atoms with van der Waals surface area (Å²) in [5, 5.41) is 3.56. The summed E-state index contributed by atoms with van der Waals surface area (Å²) in [7, 11) is 1.83. The number of ether oxygens (including phenoxy) is 1. The highest BCUT2D eigenvalue weighted by atomic mass is 16.5. The van der Waals surface area contributed by atoms with Crippen LogP contribution in [0, 0.1) is 11.8 Å². The number of rotatable bonds is 7. The summed E-state index contributed by atoms with van der Waals surface area (Å²) in [4.78, 5) is 2.57. The van der Waals surface area contributed by atoms with Gasteiger partial charge in [-0.25, -0.2) is 0 Å². The molecule has 0 bridgehead atoms. The topological polar surface area (TPSA) is 24.5 Å². The van der Waals surface area contributed by atoms with E-state index in [9.17, 15) is 0 Å². The Bertz CT molecular complexity index is 208. The molecular weight excluding hydrogens is 212 g/mol. The van der Waals surface area contributed by atoms with Gasteiger partial charge in [-0.1, -0.05) is 20.8 Å². The van der Waals surface area contributed by atoms with E-state index in [1.54, 1.807) is 0 Å². The van der Waals surface area contributed by atoms with Crippen molar-refractivity contribution in [3.63, 3.8) is 0 Å². The highest BCUT2D eigenvalue weighted by molar-refractivity contribution is 4.83. The molecule has 0 aromatic carbocycles. The van der Waals surface area contributed by atoms with Crippen LogP contribution in [0.15, 0.2) is 0 Å². The third-order valence-corrected chi connectivity index (χ3v) is 3.93. The molecule has 102 valence electrons. The summed E-state index contributed by atoms with van der Waals surface area (Å²) < 4.78 is 5.43. The number of nitrogens with one attached hydrogen (secondary N) is 1. The van der Waals surface area contributed by atoms with E-state index in [1.165, 1.54) is 13.0 Å². The van der Waals surface area contributed by atoms with Crippen molar-refractivity contribution < 1.29 is 4.74 Å². The molecule has 1 heterocycles. The maximum absolute atomic E-state index is 5.43. The Morgan fingerprint density at radius 2 is 1.94 bits per heavy atom. The summed E-state index contributed by atoms with van der Waals surface area (Å²) in [5.41, 5.74) is 0. The number of methoxy groups -OCH3 is 1. The molecule has 0 radical (unpaired) electrons. The fourth-order valence-corrected chi connectivity index (χ4v) is 2.45. The fourth-order valence-electron chi connectivity index (χ4n) is 2.45. The molecule has 3 nitrogen and oxygen atoms in total. The van der Waals surface area contributed by atoms with E-state index in [0.717, 1.165) is 25.6 Å². The highest BCUT2D eigenvalue weighted by Crippen LogP contribution is 2.19. The van der Waals surface area contributed by atoms with Crippen molar-refractivity contribution in [1.82, 2.24) is 10.2 Å². The predicted octanol–water partition coefficient (Wildman–Crippen LogP) is 1.98. The van der Waals surface area contributed by atoms with Gasteiger partial charge < -0.3 is 10.1 Å². The second-order valence-corrected chi connectivity index (χ2v) is 5.91. The number of hydrogen-bond acceptors (Lipinski definition) is 3. The maximum Gasteiger partial charge on any atom is 0.0710 e. The van der Waals surface area contributed by atoms with Crippen molar-refractivity contribution >= 4 is 0 Å². The van der Waals surface area contributed by atoms with Crippen molar-refractivity contribution in [2.75, 3.05) is 33.3 Å². The van der Waals surface area contributed by atoms with Crippen molar-refractivity contribution in [3.05, 3.63) is 0 Å². The Morgan fingerprint density at radius 3 is 2.47 bits per heavy atom. The molecule has 17 heavy (non-hydrogen) atoms. The summed E-state index contributed by atoms with van der Waals surface area (Å²) in [6.45, 7) is 13.7. The largest absolute Gasteiger partial charge is 0.380 e. The number of hydrogen-bond donors (Lipinski definition) is 1. The van der Waals surface area contributed by atoms with Gasteiger partial charge in [-0.15, -0.1) is 0 Å². The lowest BCUT2D eigenvalue weighted by molar-refractivity contribution is 0.0959. The first-order valence-corrected chi connectivity index (χ1v) is 7.02. The van der Waals surface area contributed by atoms with E-state index in [1.807, 2.05) is 7.11 Å². The molecule has 3 heteroatoms. The quantitative estimate of drug-likeness (QED) is 0.739. The molecule has 0 saturated carbocycles. The fraction of sp³-hybridized carbons (Fsp3) is 1.00.